The second-order valence-corrected chi connectivity index (χ2v) is 6.83. The van der Waals surface area contributed by atoms with Gasteiger partial charge in [0.25, 0.3) is 0 Å². The number of nitrogens with one attached hydrogen (secondary N) is 2. The minimum atomic E-state index is 0.142. The molecule has 1 heterocycles. The van der Waals surface area contributed by atoms with Gasteiger partial charge in [-0.05, 0) is 36.0 Å². The van der Waals surface area contributed by atoms with Gasteiger partial charge in [-0.2, -0.15) is 0 Å². The Balaban J connectivity index is 1.78. The third kappa shape index (κ3) is 3.79. The van der Waals surface area contributed by atoms with Crippen LogP contribution in [0.4, 0.5) is 0 Å². The van der Waals surface area contributed by atoms with E-state index in [-0.39, 0.29) is 6.17 Å². The van der Waals surface area contributed by atoms with Crippen molar-refractivity contribution in [3.8, 4) is 0 Å². The fourth-order valence-electron chi connectivity index (χ4n) is 2.33. The van der Waals surface area contributed by atoms with Crippen molar-refractivity contribution in [1.29, 1.82) is 0 Å². The molecular weight excluding hydrogens is 335 g/mol. The molecule has 1 unspecified atom stereocenters. The van der Waals surface area contributed by atoms with Crippen LogP contribution in [-0.4, -0.2) is 6.54 Å². The van der Waals surface area contributed by atoms with Crippen LogP contribution in [0, 0.1) is 0 Å². The van der Waals surface area contributed by atoms with Gasteiger partial charge in [-0.25, -0.2) is 0 Å². The van der Waals surface area contributed by atoms with E-state index in [1.165, 1.54) is 10.5 Å². The second-order valence-electron chi connectivity index (χ2n) is 4.97. The van der Waals surface area contributed by atoms with Gasteiger partial charge in [0.05, 0.1) is 0 Å². The summed E-state index contributed by atoms with van der Waals surface area (Å²) in [6.45, 7) is 0.872. The number of benzene rings is 2. The third-order valence-corrected chi connectivity index (χ3v) is 5.18. The van der Waals surface area contributed by atoms with Gasteiger partial charge in [0.15, 0.2) is 0 Å². The zero-order chi connectivity index (χ0) is 15.4. The van der Waals surface area contributed by atoms with Gasteiger partial charge in [0.2, 0.25) is 0 Å². The molecule has 2 aromatic rings. The second kappa shape index (κ2) is 7.42. The minimum absolute atomic E-state index is 0.142. The smallest absolute Gasteiger partial charge is 0.104 e. The van der Waals surface area contributed by atoms with Crippen LogP contribution in [0.2, 0.25) is 10.0 Å². The monoisotopic (exact) mass is 350 g/mol. The number of hydrogen-bond donors (Lipinski definition) is 2. The first-order valence-corrected chi connectivity index (χ1v) is 8.78. The molecular formula is C17H16Cl2N2S. The molecule has 2 aromatic carbocycles. The summed E-state index contributed by atoms with van der Waals surface area (Å²) in [5, 5.41) is 8.25. The van der Waals surface area contributed by atoms with E-state index in [0.29, 0.717) is 5.02 Å². The number of hydrogen-bond acceptors (Lipinski definition) is 3. The van der Waals surface area contributed by atoms with Crippen molar-refractivity contribution in [3.63, 3.8) is 0 Å². The fourth-order valence-corrected chi connectivity index (χ4v) is 3.86. The Bertz CT molecular complexity index is 688. The maximum absolute atomic E-state index is 6.25. The molecule has 0 aromatic heterocycles. The SMILES string of the molecule is Clc1ccc(Cl)c(CSc2ccccc2C2NC=CCN2)c1. The zero-order valence-corrected chi connectivity index (χ0v) is 14.2. The van der Waals surface area contributed by atoms with Gasteiger partial charge in [0.1, 0.15) is 6.17 Å². The Kier molecular flexibility index (Phi) is 5.32. The van der Waals surface area contributed by atoms with Gasteiger partial charge in [-0.3, -0.25) is 5.32 Å². The van der Waals surface area contributed by atoms with Crippen molar-refractivity contribution in [2.75, 3.05) is 6.54 Å². The Morgan fingerprint density at radius 2 is 2.00 bits per heavy atom. The molecule has 0 fully saturated rings. The molecule has 1 aliphatic heterocycles. The quantitative estimate of drug-likeness (QED) is 0.759. The normalized spacial score (nSPS) is 17.3. The molecule has 0 aliphatic carbocycles. The van der Waals surface area contributed by atoms with E-state index >= 15 is 0 Å². The standard InChI is InChI=1S/C17H16Cl2N2S/c18-13-6-7-15(19)12(10-13)11-22-16-5-2-1-4-14(16)17-20-8-3-9-21-17/h1-8,10,17,20-21H,9,11H2. The summed E-state index contributed by atoms with van der Waals surface area (Å²) in [7, 11) is 0. The topological polar surface area (TPSA) is 24.1 Å². The molecule has 0 saturated heterocycles. The lowest BCUT2D eigenvalue weighted by molar-refractivity contribution is 0.491. The van der Waals surface area contributed by atoms with Crippen LogP contribution in [0.25, 0.3) is 0 Å². The Morgan fingerprint density at radius 3 is 2.82 bits per heavy atom. The first-order chi connectivity index (χ1) is 10.7. The van der Waals surface area contributed by atoms with Crippen molar-refractivity contribution in [2.45, 2.75) is 16.8 Å². The molecule has 2 N–H and O–H groups in total. The lowest BCUT2D eigenvalue weighted by atomic mass is 10.1. The van der Waals surface area contributed by atoms with Crippen LogP contribution in [0.3, 0.4) is 0 Å². The van der Waals surface area contributed by atoms with Crippen molar-refractivity contribution >= 4 is 35.0 Å². The molecule has 0 saturated carbocycles. The van der Waals surface area contributed by atoms with Gasteiger partial charge in [-0.1, -0.05) is 47.5 Å². The summed E-state index contributed by atoms with van der Waals surface area (Å²) in [4.78, 5) is 1.24. The first kappa shape index (κ1) is 15.8. The predicted octanol–water partition coefficient (Wildman–Crippen LogP) is 4.99. The van der Waals surface area contributed by atoms with E-state index in [4.69, 9.17) is 23.2 Å². The molecule has 0 bridgehead atoms. The maximum Gasteiger partial charge on any atom is 0.104 e. The maximum atomic E-state index is 6.25. The van der Waals surface area contributed by atoms with Gasteiger partial charge >= 0.3 is 0 Å². The van der Waals surface area contributed by atoms with Crippen LogP contribution in [-0.2, 0) is 5.75 Å². The van der Waals surface area contributed by atoms with Crippen LogP contribution >= 0.6 is 35.0 Å². The van der Waals surface area contributed by atoms with E-state index in [1.54, 1.807) is 11.8 Å². The van der Waals surface area contributed by atoms with Crippen LogP contribution in [0.1, 0.15) is 17.3 Å². The van der Waals surface area contributed by atoms with Crippen molar-refractivity contribution in [2.24, 2.45) is 0 Å². The number of rotatable bonds is 4. The summed E-state index contributed by atoms with van der Waals surface area (Å²) in [5.74, 6) is 0.791. The fraction of sp³-hybridized carbons (Fsp3) is 0.176. The lowest BCUT2D eigenvalue weighted by Crippen LogP contribution is -2.35. The average Bonchev–Trinajstić information content (AvgIpc) is 2.57. The number of thioether (sulfide) groups is 1. The molecule has 1 atom stereocenters. The highest BCUT2D eigenvalue weighted by molar-refractivity contribution is 7.98. The highest BCUT2D eigenvalue weighted by Gasteiger charge is 2.15. The molecule has 0 amide bonds. The summed E-state index contributed by atoms with van der Waals surface area (Å²) in [6, 6.07) is 14.0. The molecule has 0 spiro atoms. The van der Waals surface area contributed by atoms with Gasteiger partial charge in [0, 0.05) is 32.8 Å². The molecule has 0 radical (unpaired) electrons. The van der Waals surface area contributed by atoms with Crippen LogP contribution in [0.15, 0.2) is 59.6 Å². The third-order valence-electron chi connectivity index (χ3n) is 3.44. The summed E-state index contributed by atoms with van der Waals surface area (Å²) < 4.78 is 0. The largest absolute Gasteiger partial charge is 0.372 e. The molecule has 2 nitrogen and oxygen atoms in total. The predicted molar refractivity (Wildman–Crippen MR) is 95.5 cm³/mol. The van der Waals surface area contributed by atoms with Crippen LogP contribution in [0.5, 0.6) is 0 Å². The average molecular weight is 351 g/mol. The molecule has 114 valence electrons. The van der Waals surface area contributed by atoms with E-state index in [0.717, 1.165) is 22.9 Å². The molecule has 3 rings (SSSR count). The van der Waals surface area contributed by atoms with Crippen LogP contribution < -0.4 is 10.6 Å². The number of halogens is 2. The van der Waals surface area contributed by atoms with Crippen molar-refractivity contribution < 1.29 is 0 Å². The van der Waals surface area contributed by atoms with E-state index < -0.39 is 0 Å². The van der Waals surface area contributed by atoms with Gasteiger partial charge in [-0.15, -0.1) is 11.8 Å². The first-order valence-electron chi connectivity index (χ1n) is 7.04. The van der Waals surface area contributed by atoms with E-state index in [2.05, 4.69) is 41.0 Å². The highest BCUT2D eigenvalue weighted by atomic mass is 35.5. The van der Waals surface area contributed by atoms with E-state index in [1.807, 2.05) is 24.4 Å². The Morgan fingerprint density at radius 1 is 1.14 bits per heavy atom. The summed E-state index contributed by atoms with van der Waals surface area (Å²) >= 11 is 14.1. The van der Waals surface area contributed by atoms with E-state index in [9.17, 15) is 0 Å². The lowest BCUT2D eigenvalue weighted by Gasteiger charge is -2.24. The molecule has 1 aliphatic rings. The Labute approximate surface area is 144 Å². The Hall–Kier alpha value is -1.13. The van der Waals surface area contributed by atoms with Crippen molar-refractivity contribution in [1.82, 2.24) is 10.6 Å². The molecule has 22 heavy (non-hydrogen) atoms. The zero-order valence-electron chi connectivity index (χ0n) is 11.9. The van der Waals surface area contributed by atoms with Crippen molar-refractivity contribution in [3.05, 3.63) is 75.9 Å². The van der Waals surface area contributed by atoms with Gasteiger partial charge < -0.3 is 5.32 Å². The summed E-state index contributed by atoms with van der Waals surface area (Å²) in [5.41, 5.74) is 2.30. The minimum Gasteiger partial charge on any atom is -0.372 e. The summed E-state index contributed by atoms with van der Waals surface area (Å²) in [6.07, 6.45) is 4.21. The molecule has 5 heteroatoms. The highest BCUT2D eigenvalue weighted by Crippen LogP contribution is 2.32.